The Hall–Kier alpha value is -0.665. The maximum absolute atomic E-state index is 10.3. The van der Waals surface area contributed by atoms with Crippen LogP contribution in [-0.2, 0) is 0 Å². The average Bonchev–Trinajstić information content (AvgIpc) is 1.65. The number of urea groups is 1. The van der Waals surface area contributed by atoms with E-state index >= 15 is 0 Å². The van der Waals surface area contributed by atoms with Gasteiger partial charge in [-0.05, 0) is 7.05 Å². The molecule has 0 radical (unpaired) electrons. The van der Waals surface area contributed by atoms with Crippen LogP contribution in [0.15, 0.2) is 0 Å². The van der Waals surface area contributed by atoms with Crippen molar-refractivity contribution in [1.82, 2.24) is 10.1 Å². The van der Waals surface area contributed by atoms with Gasteiger partial charge >= 0.3 is 6.03 Å². The Morgan fingerprint density at radius 2 is 2.29 bits per heavy atom. The molecule has 0 bridgehead atoms. The number of nitrogens with one attached hydrogen (secondary N) is 1. The van der Waals surface area contributed by atoms with Crippen molar-refractivity contribution in [2.75, 3.05) is 14.1 Å². The van der Waals surface area contributed by atoms with E-state index in [-0.39, 0.29) is 6.03 Å². The molecule has 0 rings (SSSR count). The SMILES string of the molecule is BN(C)C(=O)NC. The molecule has 0 atom stereocenters. The summed E-state index contributed by atoms with van der Waals surface area (Å²) in [5.74, 6) is 0. The van der Waals surface area contributed by atoms with Crippen molar-refractivity contribution >= 4 is 14.0 Å². The molecule has 0 spiro atoms. The van der Waals surface area contributed by atoms with Gasteiger partial charge in [-0.2, -0.15) is 0 Å². The minimum Gasteiger partial charge on any atom is -0.379 e. The van der Waals surface area contributed by atoms with Gasteiger partial charge in [-0.25, -0.2) is 0 Å². The van der Waals surface area contributed by atoms with Gasteiger partial charge in [-0.15, -0.1) is 0 Å². The van der Waals surface area contributed by atoms with Crippen LogP contribution in [0.3, 0.4) is 0 Å². The van der Waals surface area contributed by atoms with E-state index < -0.39 is 0 Å². The highest BCUT2D eigenvalue weighted by atomic mass is 16.2. The van der Waals surface area contributed by atoms with Gasteiger partial charge in [0.05, 0.1) is 0 Å². The Balaban J connectivity index is 3.35. The molecule has 1 N–H and O–H groups in total. The number of rotatable bonds is 0. The Kier molecular flexibility index (Phi) is 2.26. The maximum atomic E-state index is 10.3. The second-order valence-corrected chi connectivity index (χ2v) is 1.45. The molecule has 0 aliphatic heterocycles. The molecule has 0 unspecified atom stereocenters. The van der Waals surface area contributed by atoms with E-state index in [2.05, 4.69) is 5.32 Å². The van der Waals surface area contributed by atoms with Crippen LogP contribution in [0.1, 0.15) is 0 Å². The summed E-state index contributed by atoms with van der Waals surface area (Å²) in [6.07, 6.45) is 0. The van der Waals surface area contributed by atoms with E-state index in [0.717, 1.165) is 0 Å². The van der Waals surface area contributed by atoms with Crippen LogP contribution in [0.4, 0.5) is 4.79 Å². The second kappa shape index (κ2) is 2.50. The monoisotopic (exact) mass is 100 g/mol. The molecule has 0 fully saturated rings. The van der Waals surface area contributed by atoms with Gasteiger partial charge in [0, 0.05) is 7.05 Å². The lowest BCUT2D eigenvalue weighted by molar-refractivity contribution is 0.231. The summed E-state index contributed by atoms with van der Waals surface area (Å²) >= 11 is 0. The summed E-state index contributed by atoms with van der Waals surface area (Å²) < 4.78 is 0. The molecule has 40 valence electrons. The summed E-state index contributed by atoms with van der Waals surface area (Å²) in [5, 5.41) is 2.45. The summed E-state index contributed by atoms with van der Waals surface area (Å²) in [6.45, 7) is 0. The van der Waals surface area contributed by atoms with Gasteiger partial charge in [0.1, 0.15) is 0 Å². The standard InChI is InChI=1S/C3H9BN2O/c1-5-3(7)6(2)4/h4H2,1-2H3,(H,5,7). The predicted molar refractivity (Wildman–Crippen MR) is 30.8 cm³/mol. The smallest absolute Gasteiger partial charge is 0.304 e. The predicted octanol–water partition coefficient (Wildman–Crippen LogP) is -1.19. The number of hydrogen-bond acceptors (Lipinski definition) is 1. The minimum absolute atomic E-state index is 0.0694. The lowest BCUT2D eigenvalue weighted by atomic mass is 10.4. The molecule has 0 saturated heterocycles. The van der Waals surface area contributed by atoms with Crippen LogP contribution in [0.2, 0.25) is 0 Å². The lowest BCUT2D eigenvalue weighted by Crippen LogP contribution is -2.32. The molecule has 4 heteroatoms. The first-order valence-electron chi connectivity index (χ1n) is 2.07. The third kappa shape index (κ3) is 2.08. The normalized spacial score (nSPS) is 7.71. The average molecular weight is 99.9 g/mol. The number of amides is 2. The van der Waals surface area contributed by atoms with Gasteiger partial charge in [0.15, 0.2) is 0 Å². The van der Waals surface area contributed by atoms with Crippen LogP contribution in [0.25, 0.3) is 0 Å². The van der Waals surface area contributed by atoms with Gasteiger partial charge < -0.3 is 10.1 Å². The zero-order chi connectivity index (χ0) is 5.86. The fourth-order valence-corrected chi connectivity index (χ4v) is 0.224. The first kappa shape index (κ1) is 6.33. The highest BCUT2D eigenvalue weighted by Crippen LogP contribution is 1.69. The number of carbonyl (C=O) groups excluding carboxylic acids is 1. The highest BCUT2D eigenvalue weighted by molar-refractivity contribution is 6.13. The van der Waals surface area contributed by atoms with E-state index in [1.165, 1.54) is 4.81 Å². The van der Waals surface area contributed by atoms with Crippen molar-refractivity contribution < 1.29 is 4.79 Å². The molecule has 0 saturated carbocycles. The zero-order valence-electron chi connectivity index (χ0n) is 4.86. The zero-order valence-corrected chi connectivity index (χ0v) is 4.86. The number of nitrogens with zero attached hydrogens (tertiary/aromatic N) is 1. The van der Waals surface area contributed by atoms with E-state index in [9.17, 15) is 4.79 Å². The molecular formula is C3H9BN2O. The van der Waals surface area contributed by atoms with Gasteiger partial charge in [-0.3, -0.25) is 4.79 Å². The molecular weight excluding hydrogens is 90.9 g/mol. The fraction of sp³-hybridized carbons (Fsp3) is 0.667. The Morgan fingerprint density at radius 1 is 1.86 bits per heavy atom. The van der Waals surface area contributed by atoms with Crippen molar-refractivity contribution in [2.45, 2.75) is 0 Å². The Labute approximate surface area is 44.1 Å². The summed E-state index contributed by atoms with van der Waals surface area (Å²) in [7, 11) is 4.99. The first-order valence-corrected chi connectivity index (χ1v) is 2.07. The Morgan fingerprint density at radius 3 is 2.29 bits per heavy atom. The third-order valence-electron chi connectivity index (χ3n) is 0.620. The van der Waals surface area contributed by atoms with Gasteiger partial charge in [-0.1, -0.05) is 0 Å². The number of hydrogen-bond donors (Lipinski definition) is 1. The van der Waals surface area contributed by atoms with E-state index in [0.29, 0.717) is 0 Å². The number of carbonyl (C=O) groups is 1. The van der Waals surface area contributed by atoms with E-state index in [4.69, 9.17) is 0 Å². The quantitative estimate of drug-likeness (QED) is 0.381. The van der Waals surface area contributed by atoms with E-state index in [1.54, 1.807) is 22.1 Å². The van der Waals surface area contributed by atoms with Gasteiger partial charge in [0.2, 0.25) is 7.98 Å². The molecule has 0 aliphatic carbocycles. The third-order valence-corrected chi connectivity index (χ3v) is 0.620. The molecule has 0 aromatic heterocycles. The minimum atomic E-state index is -0.0694. The largest absolute Gasteiger partial charge is 0.379 e. The fourth-order valence-electron chi connectivity index (χ4n) is 0.224. The molecule has 7 heavy (non-hydrogen) atoms. The molecule has 0 aromatic rings. The topological polar surface area (TPSA) is 32.3 Å². The summed E-state index contributed by atoms with van der Waals surface area (Å²) in [4.78, 5) is 11.8. The highest BCUT2D eigenvalue weighted by Gasteiger charge is 1.93. The molecule has 0 aliphatic rings. The second-order valence-electron chi connectivity index (χ2n) is 1.45. The maximum Gasteiger partial charge on any atom is 0.304 e. The molecule has 3 nitrogen and oxygen atoms in total. The van der Waals surface area contributed by atoms with Crippen LogP contribution in [-0.4, -0.2) is 32.9 Å². The first-order chi connectivity index (χ1) is 3.18. The van der Waals surface area contributed by atoms with Crippen LogP contribution >= 0.6 is 0 Å². The summed E-state index contributed by atoms with van der Waals surface area (Å²) in [5.41, 5.74) is 0. The van der Waals surface area contributed by atoms with Crippen LogP contribution < -0.4 is 5.32 Å². The van der Waals surface area contributed by atoms with Crippen molar-refractivity contribution in [3.8, 4) is 0 Å². The Bertz CT molecular complexity index is 73.3. The molecule has 2 amide bonds. The van der Waals surface area contributed by atoms with Crippen LogP contribution in [0, 0.1) is 0 Å². The molecule has 0 heterocycles. The summed E-state index contributed by atoms with van der Waals surface area (Å²) in [6, 6.07) is -0.0694. The van der Waals surface area contributed by atoms with Crippen molar-refractivity contribution in [3.05, 3.63) is 0 Å². The lowest BCUT2D eigenvalue weighted by Gasteiger charge is -2.07. The van der Waals surface area contributed by atoms with Crippen molar-refractivity contribution in [2.24, 2.45) is 0 Å². The van der Waals surface area contributed by atoms with Crippen molar-refractivity contribution in [3.63, 3.8) is 0 Å². The molecule has 0 aromatic carbocycles. The van der Waals surface area contributed by atoms with Crippen molar-refractivity contribution in [1.29, 1.82) is 0 Å². The van der Waals surface area contributed by atoms with Crippen LogP contribution in [0.5, 0.6) is 0 Å². The van der Waals surface area contributed by atoms with E-state index in [1.807, 2.05) is 0 Å². The van der Waals surface area contributed by atoms with Gasteiger partial charge in [0.25, 0.3) is 0 Å².